The van der Waals surface area contributed by atoms with E-state index >= 15 is 0 Å². The van der Waals surface area contributed by atoms with Gasteiger partial charge in [0.05, 0.1) is 12.9 Å². The quantitative estimate of drug-likeness (QED) is 0.590. The third kappa shape index (κ3) is 6.39. The molecular formula is C19H30N2O5S. The second-order valence-corrected chi connectivity index (χ2v) is 8.99. The summed E-state index contributed by atoms with van der Waals surface area (Å²) in [6.07, 6.45) is 5.46. The summed E-state index contributed by atoms with van der Waals surface area (Å²) in [5.41, 5.74) is 0.910. The first-order chi connectivity index (χ1) is 12.9. The number of phenols is 1. The molecule has 1 aliphatic rings. The number of ether oxygens (including phenoxy) is 1. The molecule has 0 spiro atoms. The Morgan fingerprint density at radius 1 is 1.30 bits per heavy atom. The molecule has 0 bridgehead atoms. The molecule has 1 amide bonds. The number of methoxy groups -OCH3 is 1. The van der Waals surface area contributed by atoms with Crippen molar-refractivity contribution in [2.24, 2.45) is 5.92 Å². The van der Waals surface area contributed by atoms with Crippen molar-refractivity contribution in [2.45, 2.75) is 51.5 Å². The molecule has 1 fully saturated rings. The van der Waals surface area contributed by atoms with Gasteiger partial charge in [0, 0.05) is 6.54 Å². The fourth-order valence-corrected chi connectivity index (χ4v) is 4.28. The summed E-state index contributed by atoms with van der Waals surface area (Å²) in [6, 6.07) is 4.32. The zero-order valence-corrected chi connectivity index (χ0v) is 16.8. The Balaban J connectivity index is 1.98. The van der Waals surface area contributed by atoms with Crippen LogP contribution < -0.4 is 14.8 Å². The summed E-state index contributed by atoms with van der Waals surface area (Å²) in [7, 11) is -1.98. The molecule has 1 aromatic rings. The normalized spacial score (nSPS) is 16.7. The van der Waals surface area contributed by atoms with Crippen LogP contribution in [0.15, 0.2) is 18.2 Å². The van der Waals surface area contributed by atoms with Gasteiger partial charge in [-0.25, -0.2) is 13.1 Å². The molecule has 2 rings (SSSR count). The number of hydrogen-bond acceptors (Lipinski definition) is 5. The topological polar surface area (TPSA) is 105 Å². The predicted molar refractivity (Wildman–Crippen MR) is 104 cm³/mol. The summed E-state index contributed by atoms with van der Waals surface area (Å²) in [5.74, 6) is 0.168. The van der Waals surface area contributed by atoms with E-state index in [1.807, 2.05) is 0 Å². The lowest BCUT2D eigenvalue weighted by Gasteiger charge is -2.29. The van der Waals surface area contributed by atoms with E-state index in [1.165, 1.54) is 7.11 Å². The monoisotopic (exact) mass is 398 g/mol. The van der Waals surface area contributed by atoms with Gasteiger partial charge < -0.3 is 15.2 Å². The summed E-state index contributed by atoms with van der Waals surface area (Å²) in [5, 5.41) is 12.5. The maximum Gasteiger partial charge on any atom is 0.238 e. The maximum absolute atomic E-state index is 12.7. The number of benzene rings is 1. The second kappa shape index (κ2) is 9.94. The molecule has 0 unspecified atom stereocenters. The largest absolute Gasteiger partial charge is 0.504 e. The van der Waals surface area contributed by atoms with Crippen LogP contribution >= 0.6 is 0 Å². The molecule has 0 radical (unpaired) electrons. The first-order valence-electron chi connectivity index (χ1n) is 9.50. The van der Waals surface area contributed by atoms with Crippen LogP contribution in [0.25, 0.3) is 0 Å². The van der Waals surface area contributed by atoms with Gasteiger partial charge in [-0.1, -0.05) is 25.3 Å². The number of nitrogens with one attached hydrogen (secondary N) is 2. The summed E-state index contributed by atoms with van der Waals surface area (Å²) >= 11 is 0. The van der Waals surface area contributed by atoms with Crippen LogP contribution in [0, 0.1) is 5.92 Å². The Kier molecular flexibility index (Phi) is 7.91. The number of hydrogen-bond donors (Lipinski definition) is 3. The Hall–Kier alpha value is -1.80. The fraction of sp³-hybridized carbons (Fsp3) is 0.632. The molecule has 1 aliphatic carbocycles. The minimum Gasteiger partial charge on any atom is -0.504 e. The molecule has 0 aromatic heterocycles. The average molecular weight is 399 g/mol. The van der Waals surface area contributed by atoms with E-state index in [0.29, 0.717) is 18.7 Å². The van der Waals surface area contributed by atoms with Crippen LogP contribution in [0.5, 0.6) is 11.5 Å². The molecule has 0 saturated heterocycles. The molecule has 7 nitrogen and oxygen atoms in total. The highest BCUT2D eigenvalue weighted by atomic mass is 32.2. The van der Waals surface area contributed by atoms with E-state index in [1.54, 1.807) is 25.1 Å². The van der Waals surface area contributed by atoms with Gasteiger partial charge in [0.15, 0.2) is 11.5 Å². The minimum absolute atomic E-state index is 0.0360. The second-order valence-electron chi connectivity index (χ2n) is 6.94. The zero-order valence-electron chi connectivity index (χ0n) is 16.0. The smallest absolute Gasteiger partial charge is 0.238 e. The zero-order chi connectivity index (χ0) is 19.9. The molecule has 0 aliphatic heterocycles. The highest BCUT2D eigenvalue weighted by Crippen LogP contribution is 2.28. The lowest BCUT2D eigenvalue weighted by atomic mass is 9.84. The number of phenolic OH excluding ortho intramolecular Hbond substituents is 1. The Morgan fingerprint density at radius 2 is 2.00 bits per heavy atom. The molecule has 152 valence electrons. The van der Waals surface area contributed by atoms with Crippen molar-refractivity contribution in [1.29, 1.82) is 0 Å². The number of rotatable bonds is 9. The average Bonchev–Trinajstić information content (AvgIpc) is 2.68. The molecule has 27 heavy (non-hydrogen) atoms. The predicted octanol–water partition coefficient (Wildman–Crippen LogP) is 1.95. The molecule has 1 atom stereocenters. The molecule has 0 heterocycles. The first kappa shape index (κ1) is 21.5. The van der Waals surface area contributed by atoms with E-state index in [2.05, 4.69) is 10.0 Å². The van der Waals surface area contributed by atoms with Crippen molar-refractivity contribution >= 4 is 15.9 Å². The van der Waals surface area contributed by atoms with E-state index in [4.69, 9.17) is 4.74 Å². The van der Waals surface area contributed by atoms with E-state index in [0.717, 1.165) is 37.7 Å². The third-order valence-electron chi connectivity index (χ3n) is 5.05. The SMILES string of the molecule is CCS(=O)(=O)N[C@@H](C(=O)NCCc1ccc(O)c(OC)c1)C1CCCCC1. The van der Waals surface area contributed by atoms with E-state index < -0.39 is 16.1 Å². The van der Waals surface area contributed by atoms with Gasteiger partial charge in [-0.2, -0.15) is 0 Å². The van der Waals surface area contributed by atoms with Crippen LogP contribution in [0.4, 0.5) is 0 Å². The molecule has 1 aromatic carbocycles. The van der Waals surface area contributed by atoms with Gasteiger partial charge in [0.25, 0.3) is 0 Å². The van der Waals surface area contributed by atoms with Gasteiger partial charge >= 0.3 is 0 Å². The van der Waals surface area contributed by atoms with Crippen molar-refractivity contribution in [3.63, 3.8) is 0 Å². The maximum atomic E-state index is 12.7. The number of amides is 1. The lowest BCUT2D eigenvalue weighted by Crippen LogP contribution is -2.51. The number of carbonyl (C=O) groups is 1. The van der Waals surface area contributed by atoms with Crippen LogP contribution in [0.2, 0.25) is 0 Å². The van der Waals surface area contributed by atoms with E-state index in [9.17, 15) is 18.3 Å². The van der Waals surface area contributed by atoms with Gasteiger partial charge in [-0.15, -0.1) is 0 Å². The van der Waals surface area contributed by atoms with Gasteiger partial charge in [0.2, 0.25) is 15.9 Å². The molecule has 8 heteroatoms. The van der Waals surface area contributed by atoms with Crippen molar-refractivity contribution in [3.8, 4) is 11.5 Å². The minimum atomic E-state index is -3.46. The number of aromatic hydroxyl groups is 1. The molecule has 1 saturated carbocycles. The highest BCUT2D eigenvalue weighted by molar-refractivity contribution is 7.89. The van der Waals surface area contributed by atoms with Crippen LogP contribution in [-0.4, -0.2) is 44.9 Å². The standard InChI is InChI=1S/C19H30N2O5S/c1-3-27(24,25)21-18(15-7-5-4-6-8-15)19(23)20-12-11-14-9-10-16(22)17(13-14)26-2/h9-10,13,15,18,21-22H,3-8,11-12H2,1-2H3,(H,20,23)/t18-/m1/s1. The van der Waals surface area contributed by atoms with E-state index in [-0.39, 0.29) is 23.3 Å². The summed E-state index contributed by atoms with van der Waals surface area (Å²) in [4.78, 5) is 12.7. The fourth-order valence-electron chi connectivity index (χ4n) is 3.43. The van der Waals surface area contributed by atoms with Gasteiger partial charge in [0.1, 0.15) is 6.04 Å². The Labute approximate surface area is 161 Å². The highest BCUT2D eigenvalue weighted by Gasteiger charge is 2.32. The summed E-state index contributed by atoms with van der Waals surface area (Å²) in [6.45, 7) is 1.94. The van der Waals surface area contributed by atoms with Crippen molar-refractivity contribution in [2.75, 3.05) is 19.4 Å². The summed E-state index contributed by atoms with van der Waals surface area (Å²) < 4.78 is 31.7. The van der Waals surface area contributed by atoms with Crippen LogP contribution in [0.1, 0.15) is 44.6 Å². The lowest BCUT2D eigenvalue weighted by molar-refractivity contribution is -0.124. The Morgan fingerprint density at radius 3 is 2.63 bits per heavy atom. The van der Waals surface area contributed by atoms with Gasteiger partial charge in [-0.3, -0.25) is 4.79 Å². The van der Waals surface area contributed by atoms with Crippen molar-refractivity contribution < 1.29 is 23.1 Å². The van der Waals surface area contributed by atoms with Crippen molar-refractivity contribution in [3.05, 3.63) is 23.8 Å². The van der Waals surface area contributed by atoms with Gasteiger partial charge in [-0.05, 0) is 49.8 Å². The number of carbonyl (C=O) groups excluding carboxylic acids is 1. The van der Waals surface area contributed by atoms with Crippen LogP contribution in [-0.2, 0) is 21.2 Å². The first-order valence-corrected chi connectivity index (χ1v) is 11.1. The third-order valence-corrected chi connectivity index (χ3v) is 6.42. The molecular weight excluding hydrogens is 368 g/mol. The van der Waals surface area contributed by atoms with Crippen LogP contribution in [0.3, 0.4) is 0 Å². The molecule has 3 N–H and O–H groups in total. The number of sulfonamides is 1. The Bertz CT molecular complexity index is 730. The van der Waals surface area contributed by atoms with Crippen molar-refractivity contribution in [1.82, 2.24) is 10.0 Å².